The average molecular weight is 528 g/mol. The first-order valence-corrected chi connectivity index (χ1v) is 12.0. The molecule has 1 aromatic carbocycles. The summed E-state index contributed by atoms with van der Waals surface area (Å²) in [7, 11) is 4.23. The fourth-order valence-corrected chi connectivity index (χ4v) is 4.47. The molecule has 4 aromatic rings. The Hall–Kier alpha value is -4.12. The van der Waals surface area contributed by atoms with Gasteiger partial charge in [0.1, 0.15) is 5.69 Å². The topological polar surface area (TPSA) is 83.1 Å². The number of carbonyl (C=O) groups is 2. The maximum absolute atomic E-state index is 13.4. The number of rotatable bonds is 4. The molecule has 0 radical (unpaired) electrons. The van der Waals surface area contributed by atoms with E-state index in [0.29, 0.717) is 6.04 Å². The van der Waals surface area contributed by atoms with Crippen molar-refractivity contribution in [2.45, 2.75) is 25.1 Å². The normalized spacial score (nSPS) is 14.4. The molecule has 1 N–H and O–H groups in total. The summed E-state index contributed by atoms with van der Waals surface area (Å²) in [5.41, 5.74) is 4.49. The minimum Gasteiger partial charge on any atom is -0.475 e. The summed E-state index contributed by atoms with van der Waals surface area (Å²) in [5, 5.41) is 7.12. The van der Waals surface area contributed by atoms with Crippen molar-refractivity contribution in [3.8, 4) is 17.1 Å². The van der Waals surface area contributed by atoms with E-state index in [2.05, 4.69) is 28.4 Å². The summed E-state index contributed by atoms with van der Waals surface area (Å²) >= 11 is 0. The number of imidazole rings is 1. The number of piperidine rings is 1. The Morgan fingerprint density at radius 1 is 1.03 bits per heavy atom. The highest BCUT2D eigenvalue weighted by atomic mass is 19.4. The average Bonchev–Trinajstić information content (AvgIpc) is 3.54. The SMILES string of the molecule is CN(C)C1CCN(C(=O)c2cc(-c3cn(-c4ccccc4)cn3)n3ccccc23)CC1.O=C(O)C(F)(F)F. The molecule has 0 atom stereocenters. The third-order valence-electron chi connectivity index (χ3n) is 6.53. The first-order valence-electron chi connectivity index (χ1n) is 12.0. The molecule has 4 heterocycles. The molecule has 200 valence electrons. The van der Waals surface area contributed by atoms with Crippen LogP contribution in [0.5, 0.6) is 0 Å². The van der Waals surface area contributed by atoms with Gasteiger partial charge in [-0.2, -0.15) is 13.2 Å². The van der Waals surface area contributed by atoms with Crippen LogP contribution in [-0.4, -0.2) is 80.1 Å². The maximum Gasteiger partial charge on any atom is 0.490 e. The van der Waals surface area contributed by atoms with Crippen LogP contribution in [0, 0.1) is 0 Å². The van der Waals surface area contributed by atoms with Crippen molar-refractivity contribution in [2.75, 3.05) is 27.2 Å². The van der Waals surface area contributed by atoms with Crippen LogP contribution in [0.2, 0.25) is 0 Å². The summed E-state index contributed by atoms with van der Waals surface area (Å²) in [6, 6.07) is 18.6. The van der Waals surface area contributed by atoms with Crippen LogP contribution in [0.25, 0.3) is 22.6 Å². The van der Waals surface area contributed by atoms with E-state index in [1.165, 1.54) is 0 Å². The fraction of sp³-hybridized carbons (Fsp3) is 0.296. The van der Waals surface area contributed by atoms with E-state index in [1.807, 2.05) is 82.8 Å². The van der Waals surface area contributed by atoms with Crippen LogP contribution in [0.15, 0.2) is 73.3 Å². The number of alkyl halides is 3. The Bertz CT molecular complexity index is 1400. The zero-order valence-corrected chi connectivity index (χ0v) is 21.0. The van der Waals surface area contributed by atoms with Gasteiger partial charge in [0, 0.05) is 37.2 Å². The van der Waals surface area contributed by atoms with Crippen LogP contribution in [-0.2, 0) is 4.79 Å². The van der Waals surface area contributed by atoms with E-state index >= 15 is 0 Å². The number of halogens is 3. The van der Waals surface area contributed by atoms with Gasteiger partial charge in [0.15, 0.2) is 0 Å². The van der Waals surface area contributed by atoms with E-state index in [4.69, 9.17) is 9.90 Å². The molecule has 11 heteroatoms. The second kappa shape index (κ2) is 11.1. The largest absolute Gasteiger partial charge is 0.490 e. The Morgan fingerprint density at radius 2 is 1.66 bits per heavy atom. The summed E-state index contributed by atoms with van der Waals surface area (Å²) < 4.78 is 35.8. The molecule has 1 saturated heterocycles. The number of nitrogens with zero attached hydrogens (tertiary/aromatic N) is 5. The summed E-state index contributed by atoms with van der Waals surface area (Å²) in [5.74, 6) is -2.65. The molecule has 0 spiro atoms. The molecular formula is C27H28F3N5O3. The molecule has 1 amide bonds. The van der Waals surface area contributed by atoms with E-state index in [0.717, 1.165) is 54.1 Å². The molecule has 3 aromatic heterocycles. The quantitative estimate of drug-likeness (QED) is 0.420. The number of carboxylic acids is 1. The van der Waals surface area contributed by atoms with Crippen molar-refractivity contribution in [2.24, 2.45) is 0 Å². The number of para-hydroxylation sites is 1. The third-order valence-corrected chi connectivity index (χ3v) is 6.53. The number of carboxylic acid groups (broad SMARTS) is 1. The monoisotopic (exact) mass is 527 g/mol. The van der Waals surface area contributed by atoms with Gasteiger partial charge in [-0.3, -0.25) is 4.79 Å². The van der Waals surface area contributed by atoms with Gasteiger partial charge in [0.05, 0.1) is 23.1 Å². The molecular weight excluding hydrogens is 499 g/mol. The van der Waals surface area contributed by atoms with Crippen LogP contribution in [0.3, 0.4) is 0 Å². The van der Waals surface area contributed by atoms with Crippen LogP contribution < -0.4 is 0 Å². The van der Waals surface area contributed by atoms with Gasteiger partial charge in [-0.25, -0.2) is 9.78 Å². The Labute approximate surface area is 217 Å². The molecule has 0 bridgehead atoms. The number of carbonyl (C=O) groups excluding carboxylic acids is 1. The molecule has 38 heavy (non-hydrogen) atoms. The number of hydrogen-bond donors (Lipinski definition) is 1. The Morgan fingerprint density at radius 3 is 2.26 bits per heavy atom. The van der Waals surface area contributed by atoms with Gasteiger partial charge >= 0.3 is 12.1 Å². The van der Waals surface area contributed by atoms with E-state index in [1.54, 1.807) is 0 Å². The minimum atomic E-state index is -5.08. The number of pyridine rings is 1. The third kappa shape index (κ3) is 5.88. The molecule has 5 rings (SSSR count). The number of aliphatic carboxylic acids is 1. The highest BCUT2D eigenvalue weighted by molar-refractivity contribution is 6.02. The number of aromatic nitrogens is 3. The van der Waals surface area contributed by atoms with E-state index in [9.17, 15) is 18.0 Å². The molecule has 1 aliphatic rings. The first-order chi connectivity index (χ1) is 18.1. The van der Waals surface area contributed by atoms with E-state index in [-0.39, 0.29) is 5.91 Å². The summed E-state index contributed by atoms with van der Waals surface area (Å²) in [6.07, 6.45) is 2.78. The van der Waals surface area contributed by atoms with Gasteiger partial charge in [-0.1, -0.05) is 24.3 Å². The number of fused-ring (bicyclic) bond motifs is 1. The van der Waals surface area contributed by atoms with Crippen molar-refractivity contribution < 1.29 is 27.9 Å². The predicted molar refractivity (Wildman–Crippen MR) is 136 cm³/mol. The Kier molecular flexibility index (Phi) is 7.86. The van der Waals surface area contributed by atoms with Gasteiger partial charge in [0.25, 0.3) is 5.91 Å². The predicted octanol–water partition coefficient (Wildman–Crippen LogP) is 4.59. The highest BCUT2D eigenvalue weighted by Crippen LogP contribution is 2.28. The Balaban J connectivity index is 0.000000426. The lowest BCUT2D eigenvalue weighted by atomic mass is 10.0. The molecule has 0 saturated carbocycles. The lowest BCUT2D eigenvalue weighted by Gasteiger charge is -2.35. The molecule has 1 fully saturated rings. The van der Waals surface area contributed by atoms with Crippen molar-refractivity contribution in [1.29, 1.82) is 0 Å². The minimum absolute atomic E-state index is 0.106. The second-order valence-corrected chi connectivity index (χ2v) is 9.19. The molecule has 0 unspecified atom stereocenters. The van der Waals surface area contributed by atoms with Crippen molar-refractivity contribution in [3.63, 3.8) is 0 Å². The lowest BCUT2D eigenvalue weighted by molar-refractivity contribution is -0.192. The standard InChI is InChI=1S/C25H27N5O.C2HF3O2/c1-27(2)19-11-14-28(15-12-19)25(31)21-16-24(30-13-7-6-10-23(21)30)22-17-29(18-26-22)20-8-4-3-5-9-20;3-2(4,5)1(6)7/h3-10,13,16-19H,11-12,14-15H2,1-2H3;(H,6,7). The zero-order chi connectivity index (χ0) is 27.4. The van der Waals surface area contributed by atoms with Gasteiger partial charge in [-0.05, 0) is 57.3 Å². The van der Waals surface area contributed by atoms with Gasteiger partial charge < -0.3 is 23.9 Å². The smallest absolute Gasteiger partial charge is 0.475 e. The van der Waals surface area contributed by atoms with Crippen molar-refractivity contribution in [1.82, 2.24) is 23.8 Å². The molecule has 0 aliphatic carbocycles. The lowest BCUT2D eigenvalue weighted by Crippen LogP contribution is -2.44. The van der Waals surface area contributed by atoms with Crippen LogP contribution >= 0.6 is 0 Å². The summed E-state index contributed by atoms with van der Waals surface area (Å²) in [4.78, 5) is 31.2. The van der Waals surface area contributed by atoms with Crippen LogP contribution in [0.4, 0.5) is 13.2 Å². The number of likely N-dealkylation sites (tertiary alicyclic amines) is 1. The second-order valence-electron chi connectivity index (χ2n) is 9.19. The molecule has 8 nitrogen and oxygen atoms in total. The number of amides is 1. The fourth-order valence-electron chi connectivity index (χ4n) is 4.47. The van der Waals surface area contributed by atoms with Gasteiger partial charge in [-0.15, -0.1) is 0 Å². The van der Waals surface area contributed by atoms with Crippen LogP contribution in [0.1, 0.15) is 23.2 Å². The zero-order valence-electron chi connectivity index (χ0n) is 21.0. The highest BCUT2D eigenvalue weighted by Gasteiger charge is 2.38. The van der Waals surface area contributed by atoms with Gasteiger partial charge in [0.2, 0.25) is 0 Å². The van der Waals surface area contributed by atoms with Crippen molar-refractivity contribution in [3.05, 3.63) is 78.9 Å². The van der Waals surface area contributed by atoms with E-state index < -0.39 is 12.1 Å². The number of hydrogen-bond acceptors (Lipinski definition) is 4. The summed E-state index contributed by atoms with van der Waals surface area (Å²) in [6.45, 7) is 1.59. The maximum atomic E-state index is 13.4. The molecule has 1 aliphatic heterocycles. The van der Waals surface area contributed by atoms with Crippen molar-refractivity contribution >= 4 is 17.4 Å². The first kappa shape index (κ1) is 26.9. The number of benzene rings is 1.